The van der Waals surface area contributed by atoms with E-state index >= 15 is 0 Å². The van der Waals surface area contributed by atoms with E-state index in [9.17, 15) is 9.59 Å². The first kappa shape index (κ1) is 25.7. The SMILES string of the molecule is CCCN(CC(=O)Nc1c(-c2ccccc2)c(C)nn1-c1ccc(C)cc1)C(=O)c1cccc(OC)c1. The number of anilines is 1. The number of amides is 2. The number of hydrogen-bond donors (Lipinski definition) is 1. The second-order valence-electron chi connectivity index (χ2n) is 8.93. The summed E-state index contributed by atoms with van der Waals surface area (Å²) in [5.41, 5.74) is 5.03. The zero-order valence-corrected chi connectivity index (χ0v) is 21.7. The van der Waals surface area contributed by atoms with Gasteiger partial charge in [-0.05, 0) is 56.2 Å². The first-order valence-electron chi connectivity index (χ1n) is 12.4. The van der Waals surface area contributed by atoms with Crippen LogP contribution in [0.1, 0.15) is 35.0 Å². The summed E-state index contributed by atoms with van der Waals surface area (Å²) >= 11 is 0. The number of nitrogens with one attached hydrogen (secondary N) is 1. The highest BCUT2D eigenvalue weighted by molar-refractivity contribution is 6.01. The highest BCUT2D eigenvalue weighted by Gasteiger charge is 2.23. The van der Waals surface area contributed by atoms with Crippen molar-refractivity contribution in [2.75, 3.05) is 25.5 Å². The van der Waals surface area contributed by atoms with Gasteiger partial charge in [-0.3, -0.25) is 9.59 Å². The molecule has 4 rings (SSSR count). The number of aryl methyl sites for hydroxylation is 2. The minimum atomic E-state index is -0.296. The third kappa shape index (κ3) is 5.89. The van der Waals surface area contributed by atoms with E-state index in [1.807, 2.05) is 75.4 Å². The molecule has 1 aromatic heterocycles. The van der Waals surface area contributed by atoms with Crippen LogP contribution in [0.25, 0.3) is 16.8 Å². The molecule has 0 fully saturated rings. The molecule has 0 unspecified atom stereocenters. The van der Waals surface area contributed by atoms with Crippen LogP contribution >= 0.6 is 0 Å². The third-order valence-corrected chi connectivity index (χ3v) is 6.09. The Kier molecular flexibility index (Phi) is 8.03. The lowest BCUT2D eigenvalue weighted by Crippen LogP contribution is -2.38. The van der Waals surface area contributed by atoms with Crippen molar-refractivity contribution < 1.29 is 14.3 Å². The molecule has 7 heteroatoms. The van der Waals surface area contributed by atoms with Crippen LogP contribution in [0.4, 0.5) is 5.82 Å². The van der Waals surface area contributed by atoms with Crippen LogP contribution in [-0.2, 0) is 4.79 Å². The van der Waals surface area contributed by atoms with Gasteiger partial charge in [0, 0.05) is 17.7 Å². The Morgan fingerprint density at radius 1 is 0.973 bits per heavy atom. The Balaban J connectivity index is 1.66. The normalized spacial score (nSPS) is 10.7. The van der Waals surface area contributed by atoms with E-state index in [1.54, 1.807) is 41.0 Å². The molecule has 7 nitrogen and oxygen atoms in total. The summed E-state index contributed by atoms with van der Waals surface area (Å²) in [6.07, 6.45) is 0.721. The van der Waals surface area contributed by atoms with Gasteiger partial charge in [-0.25, -0.2) is 4.68 Å². The van der Waals surface area contributed by atoms with E-state index in [2.05, 4.69) is 5.32 Å². The average Bonchev–Trinajstić information content (AvgIpc) is 3.24. The molecule has 1 N–H and O–H groups in total. The summed E-state index contributed by atoms with van der Waals surface area (Å²) in [6.45, 7) is 6.30. The van der Waals surface area contributed by atoms with Gasteiger partial charge in [0.15, 0.2) is 0 Å². The number of aromatic nitrogens is 2. The zero-order chi connectivity index (χ0) is 26.4. The van der Waals surface area contributed by atoms with Crippen molar-refractivity contribution >= 4 is 17.6 Å². The Bertz CT molecular complexity index is 1380. The van der Waals surface area contributed by atoms with Gasteiger partial charge < -0.3 is 15.0 Å². The molecular weight excluding hydrogens is 464 g/mol. The minimum absolute atomic E-state index is 0.0871. The Labute approximate surface area is 217 Å². The largest absolute Gasteiger partial charge is 0.497 e. The van der Waals surface area contributed by atoms with Gasteiger partial charge in [0.1, 0.15) is 18.1 Å². The maximum atomic E-state index is 13.4. The highest BCUT2D eigenvalue weighted by Crippen LogP contribution is 2.33. The molecule has 1 heterocycles. The number of carbonyl (C=O) groups is 2. The number of benzene rings is 3. The maximum Gasteiger partial charge on any atom is 0.254 e. The van der Waals surface area contributed by atoms with Gasteiger partial charge in [-0.15, -0.1) is 0 Å². The third-order valence-electron chi connectivity index (χ3n) is 6.09. The van der Waals surface area contributed by atoms with Crippen LogP contribution in [0.2, 0.25) is 0 Å². The second kappa shape index (κ2) is 11.6. The Morgan fingerprint density at radius 2 is 1.70 bits per heavy atom. The predicted octanol–water partition coefficient (Wildman–Crippen LogP) is 5.66. The van der Waals surface area contributed by atoms with Crippen LogP contribution in [-0.4, -0.2) is 46.7 Å². The van der Waals surface area contributed by atoms with Crippen molar-refractivity contribution in [2.24, 2.45) is 0 Å². The lowest BCUT2D eigenvalue weighted by Gasteiger charge is -2.22. The molecular formula is C30H32N4O3. The number of hydrogen-bond acceptors (Lipinski definition) is 4. The van der Waals surface area contributed by atoms with Crippen LogP contribution in [0.3, 0.4) is 0 Å². The Morgan fingerprint density at radius 3 is 2.38 bits per heavy atom. The lowest BCUT2D eigenvalue weighted by atomic mass is 10.1. The maximum absolute atomic E-state index is 13.4. The molecule has 0 aliphatic carbocycles. The van der Waals surface area contributed by atoms with E-state index in [0.717, 1.165) is 34.5 Å². The molecule has 0 saturated carbocycles. The van der Waals surface area contributed by atoms with E-state index < -0.39 is 0 Å². The molecule has 2 amide bonds. The van der Waals surface area contributed by atoms with Crippen LogP contribution in [0.5, 0.6) is 5.75 Å². The van der Waals surface area contributed by atoms with E-state index in [1.165, 1.54) is 0 Å². The fourth-order valence-electron chi connectivity index (χ4n) is 4.27. The standard InChI is InChI=1S/C30H32N4O3/c1-5-18-33(30(36)24-12-9-13-26(19-24)37-4)20-27(35)31-29-28(23-10-7-6-8-11-23)22(3)32-34(29)25-16-14-21(2)15-17-25/h6-17,19H,5,18,20H2,1-4H3,(H,31,35). The van der Waals surface area contributed by atoms with Gasteiger partial charge >= 0.3 is 0 Å². The molecule has 0 aliphatic rings. The first-order chi connectivity index (χ1) is 17.9. The number of rotatable bonds is 9. The molecule has 0 spiro atoms. The van der Waals surface area contributed by atoms with Crippen LogP contribution in [0.15, 0.2) is 78.9 Å². The van der Waals surface area contributed by atoms with E-state index in [4.69, 9.17) is 9.84 Å². The van der Waals surface area contributed by atoms with Crippen molar-refractivity contribution in [3.8, 4) is 22.6 Å². The number of methoxy groups -OCH3 is 1. The lowest BCUT2D eigenvalue weighted by molar-refractivity contribution is -0.116. The molecule has 3 aromatic carbocycles. The van der Waals surface area contributed by atoms with Crippen molar-refractivity contribution in [1.29, 1.82) is 0 Å². The van der Waals surface area contributed by atoms with E-state index in [-0.39, 0.29) is 18.4 Å². The summed E-state index contributed by atoms with van der Waals surface area (Å²) in [7, 11) is 1.56. The molecule has 0 radical (unpaired) electrons. The van der Waals surface area contributed by atoms with Gasteiger partial charge in [0.2, 0.25) is 5.91 Å². The molecule has 0 atom stereocenters. The van der Waals surface area contributed by atoms with Gasteiger partial charge in [-0.1, -0.05) is 61.0 Å². The molecule has 37 heavy (non-hydrogen) atoms. The van der Waals surface area contributed by atoms with Gasteiger partial charge in [0.25, 0.3) is 5.91 Å². The molecule has 0 aliphatic heterocycles. The fourth-order valence-corrected chi connectivity index (χ4v) is 4.27. The number of ether oxygens (including phenoxy) is 1. The number of nitrogens with zero attached hydrogens (tertiary/aromatic N) is 3. The molecule has 4 aromatic rings. The van der Waals surface area contributed by atoms with Crippen molar-refractivity contribution in [1.82, 2.24) is 14.7 Å². The van der Waals surface area contributed by atoms with Crippen LogP contribution in [0, 0.1) is 13.8 Å². The Hall–Kier alpha value is -4.39. The highest BCUT2D eigenvalue weighted by atomic mass is 16.5. The summed E-state index contributed by atoms with van der Waals surface area (Å²) in [5, 5.41) is 7.84. The first-order valence-corrected chi connectivity index (χ1v) is 12.4. The van der Waals surface area contributed by atoms with Crippen molar-refractivity contribution in [2.45, 2.75) is 27.2 Å². The smallest absolute Gasteiger partial charge is 0.254 e. The summed E-state index contributed by atoms with van der Waals surface area (Å²) in [6, 6.07) is 24.8. The molecule has 0 saturated heterocycles. The molecule has 190 valence electrons. The van der Waals surface area contributed by atoms with Crippen molar-refractivity contribution in [3.05, 3.63) is 95.7 Å². The summed E-state index contributed by atoms with van der Waals surface area (Å²) in [5.74, 6) is 0.650. The monoisotopic (exact) mass is 496 g/mol. The fraction of sp³-hybridized carbons (Fsp3) is 0.233. The average molecular weight is 497 g/mol. The molecule has 0 bridgehead atoms. The topological polar surface area (TPSA) is 76.5 Å². The number of carbonyl (C=O) groups excluding carboxylic acids is 2. The van der Waals surface area contributed by atoms with E-state index in [0.29, 0.717) is 23.7 Å². The zero-order valence-electron chi connectivity index (χ0n) is 21.7. The second-order valence-corrected chi connectivity index (χ2v) is 8.93. The van der Waals surface area contributed by atoms with Crippen molar-refractivity contribution in [3.63, 3.8) is 0 Å². The summed E-state index contributed by atoms with van der Waals surface area (Å²) in [4.78, 5) is 28.3. The summed E-state index contributed by atoms with van der Waals surface area (Å²) < 4.78 is 7.02. The van der Waals surface area contributed by atoms with Gasteiger partial charge in [0.05, 0.1) is 18.5 Å². The predicted molar refractivity (Wildman–Crippen MR) is 146 cm³/mol. The van der Waals surface area contributed by atoms with Gasteiger partial charge in [-0.2, -0.15) is 5.10 Å². The minimum Gasteiger partial charge on any atom is -0.497 e. The van der Waals surface area contributed by atoms with Crippen LogP contribution < -0.4 is 10.1 Å². The quantitative estimate of drug-likeness (QED) is 0.325.